The molecule has 1 aromatic rings. The van der Waals surface area contributed by atoms with E-state index in [9.17, 15) is 8.42 Å². The van der Waals surface area contributed by atoms with E-state index in [0.29, 0.717) is 37.7 Å². The lowest BCUT2D eigenvalue weighted by Gasteiger charge is -2.32. The molecule has 2 aliphatic rings. The van der Waals surface area contributed by atoms with Gasteiger partial charge in [0, 0.05) is 45.1 Å². The van der Waals surface area contributed by atoms with E-state index in [-0.39, 0.29) is 12.1 Å². The number of rotatable bonds is 3. The number of sulfonamides is 1. The first-order valence-corrected chi connectivity index (χ1v) is 8.87. The molecular weight excluding hydrogens is 292 g/mol. The molecule has 1 atom stereocenters. The van der Waals surface area contributed by atoms with Crippen LogP contribution in [0.2, 0.25) is 0 Å². The molecule has 3 rings (SSSR count). The van der Waals surface area contributed by atoms with E-state index < -0.39 is 10.0 Å². The normalized spacial score (nSPS) is 26.0. The highest BCUT2D eigenvalue weighted by molar-refractivity contribution is 7.89. The van der Waals surface area contributed by atoms with Gasteiger partial charge in [-0.1, -0.05) is 0 Å². The molecule has 0 radical (unpaired) electrons. The molecule has 7 nitrogen and oxygen atoms in total. The third-order valence-corrected chi connectivity index (χ3v) is 6.16. The average molecular weight is 314 g/mol. The summed E-state index contributed by atoms with van der Waals surface area (Å²) < 4.78 is 34.1. The van der Waals surface area contributed by atoms with Crippen molar-refractivity contribution < 1.29 is 13.2 Å². The summed E-state index contributed by atoms with van der Waals surface area (Å²) in [6.07, 6.45) is 4.90. The predicted molar refractivity (Wildman–Crippen MR) is 77.5 cm³/mol. The molecule has 2 aliphatic heterocycles. The molecule has 1 aromatic heterocycles. The van der Waals surface area contributed by atoms with E-state index >= 15 is 0 Å². The molecule has 0 bridgehead atoms. The summed E-state index contributed by atoms with van der Waals surface area (Å²) in [6.45, 7) is 5.23. The molecule has 0 aromatic carbocycles. The Bertz CT molecular complexity index is 580. The molecule has 21 heavy (non-hydrogen) atoms. The van der Waals surface area contributed by atoms with Crippen LogP contribution in [0.1, 0.15) is 25.8 Å². The first kappa shape index (κ1) is 15.0. The highest BCUT2D eigenvalue weighted by Gasteiger charge is 2.32. The number of ether oxygens (including phenoxy) is 1. The van der Waals surface area contributed by atoms with Crippen molar-refractivity contribution in [2.75, 3.05) is 32.8 Å². The van der Waals surface area contributed by atoms with Gasteiger partial charge in [0.2, 0.25) is 10.0 Å². The van der Waals surface area contributed by atoms with E-state index in [1.54, 1.807) is 15.2 Å². The summed E-state index contributed by atoms with van der Waals surface area (Å²) in [5, 5.41) is 7.47. The Labute approximate surface area is 125 Å². The Morgan fingerprint density at radius 1 is 1.38 bits per heavy atom. The lowest BCUT2D eigenvalue weighted by Crippen LogP contribution is -2.52. The molecule has 8 heteroatoms. The molecule has 0 aliphatic carbocycles. The van der Waals surface area contributed by atoms with Crippen LogP contribution in [0.5, 0.6) is 0 Å². The van der Waals surface area contributed by atoms with Crippen molar-refractivity contribution in [3.63, 3.8) is 0 Å². The van der Waals surface area contributed by atoms with Crippen molar-refractivity contribution in [3.8, 4) is 0 Å². The third kappa shape index (κ3) is 2.98. The monoisotopic (exact) mass is 314 g/mol. The Kier molecular flexibility index (Phi) is 4.30. The van der Waals surface area contributed by atoms with Crippen molar-refractivity contribution >= 4 is 10.0 Å². The van der Waals surface area contributed by atoms with Crippen LogP contribution in [-0.2, 0) is 14.8 Å². The van der Waals surface area contributed by atoms with Gasteiger partial charge in [-0.3, -0.25) is 4.68 Å². The largest absolute Gasteiger partial charge is 0.381 e. The third-order valence-electron chi connectivity index (χ3n) is 4.19. The van der Waals surface area contributed by atoms with E-state index in [1.165, 1.54) is 6.20 Å². The molecule has 0 saturated carbocycles. The fourth-order valence-corrected chi connectivity index (χ4v) is 4.49. The van der Waals surface area contributed by atoms with Crippen LogP contribution in [0, 0.1) is 0 Å². The summed E-state index contributed by atoms with van der Waals surface area (Å²) in [5.74, 6) is 0. The Morgan fingerprint density at radius 2 is 2.14 bits per heavy atom. The maximum atomic E-state index is 12.7. The van der Waals surface area contributed by atoms with Gasteiger partial charge in [0.05, 0.1) is 12.2 Å². The first-order valence-electron chi connectivity index (χ1n) is 7.43. The molecule has 3 heterocycles. The van der Waals surface area contributed by atoms with E-state index in [0.717, 1.165) is 12.8 Å². The summed E-state index contributed by atoms with van der Waals surface area (Å²) in [7, 11) is -3.45. The minimum Gasteiger partial charge on any atom is -0.381 e. The van der Waals surface area contributed by atoms with Gasteiger partial charge in [-0.05, 0) is 19.8 Å². The number of aromatic nitrogens is 2. The van der Waals surface area contributed by atoms with Gasteiger partial charge >= 0.3 is 0 Å². The summed E-state index contributed by atoms with van der Waals surface area (Å²) >= 11 is 0. The topological polar surface area (TPSA) is 76.5 Å². The number of hydrogen-bond donors (Lipinski definition) is 1. The van der Waals surface area contributed by atoms with Gasteiger partial charge in [0.25, 0.3) is 0 Å². The van der Waals surface area contributed by atoms with Gasteiger partial charge in [-0.15, -0.1) is 0 Å². The van der Waals surface area contributed by atoms with Crippen LogP contribution in [0.4, 0.5) is 0 Å². The van der Waals surface area contributed by atoms with Crippen LogP contribution < -0.4 is 5.32 Å². The number of piperazine rings is 1. The molecule has 2 saturated heterocycles. The second-order valence-corrected chi connectivity index (χ2v) is 7.56. The van der Waals surface area contributed by atoms with Gasteiger partial charge < -0.3 is 10.1 Å². The molecule has 0 unspecified atom stereocenters. The zero-order chi connectivity index (χ0) is 14.9. The van der Waals surface area contributed by atoms with Crippen molar-refractivity contribution in [2.45, 2.75) is 36.7 Å². The maximum Gasteiger partial charge on any atom is 0.246 e. The Balaban J connectivity index is 1.80. The number of nitrogens with one attached hydrogen (secondary N) is 1. The molecular formula is C13H22N4O3S. The zero-order valence-corrected chi connectivity index (χ0v) is 13.1. The maximum absolute atomic E-state index is 12.7. The SMILES string of the molecule is C[C@@H]1CNCCN1S(=O)(=O)c1cnn(C2CCOCC2)c1. The molecule has 1 N–H and O–H groups in total. The first-order chi connectivity index (χ1) is 10.1. The lowest BCUT2D eigenvalue weighted by molar-refractivity contribution is 0.0662. The van der Waals surface area contributed by atoms with E-state index in [1.807, 2.05) is 6.92 Å². The smallest absolute Gasteiger partial charge is 0.246 e. The van der Waals surface area contributed by atoms with E-state index in [2.05, 4.69) is 10.4 Å². The second-order valence-electron chi connectivity index (χ2n) is 5.67. The van der Waals surface area contributed by atoms with Crippen LogP contribution in [0.25, 0.3) is 0 Å². The summed E-state index contributed by atoms with van der Waals surface area (Å²) in [5.41, 5.74) is 0. The van der Waals surface area contributed by atoms with Crippen LogP contribution in [-0.4, -0.2) is 61.4 Å². The Hall–Kier alpha value is -0.960. The van der Waals surface area contributed by atoms with E-state index in [4.69, 9.17) is 4.74 Å². The van der Waals surface area contributed by atoms with Gasteiger partial charge in [-0.2, -0.15) is 9.40 Å². The van der Waals surface area contributed by atoms with Gasteiger partial charge in [0.1, 0.15) is 4.90 Å². The Morgan fingerprint density at radius 3 is 2.86 bits per heavy atom. The minimum absolute atomic E-state index is 0.0322. The van der Waals surface area contributed by atoms with Crippen LogP contribution >= 0.6 is 0 Å². The van der Waals surface area contributed by atoms with Crippen LogP contribution in [0.3, 0.4) is 0 Å². The predicted octanol–water partition coefficient (Wildman–Crippen LogP) is 0.217. The van der Waals surface area contributed by atoms with Crippen LogP contribution in [0.15, 0.2) is 17.3 Å². The molecule has 2 fully saturated rings. The zero-order valence-electron chi connectivity index (χ0n) is 12.2. The van der Waals surface area contributed by atoms with Crippen molar-refractivity contribution in [1.29, 1.82) is 0 Å². The fourth-order valence-electron chi connectivity index (χ4n) is 2.92. The minimum atomic E-state index is -3.45. The van der Waals surface area contributed by atoms with Gasteiger partial charge in [-0.25, -0.2) is 8.42 Å². The average Bonchev–Trinajstić information content (AvgIpc) is 2.99. The lowest BCUT2D eigenvalue weighted by atomic mass is 10.1. The number of hydrogen-bond acceptors (Lipinski definition) is 5. The molecule has 0 spiro atoms. The fraction of sp³-hybridized carbons (Fsp3) is 0.769. The van der Waals surface area contributed by atoms with Crippen molar-refractivity contribution in [2.24, 2.45) is 0 Å². The highest BCUT2D eigenvalue weighted by Crippen LogP contribution is 2.24. The number of nitrogens with zero attached hydrogens (tertiary/aromatic N) is 3. The highest BCUT2D eigenvalue weighted by atomic mass is 32.2. The van der Waals surface area contributed by atoms with Crippen molar-refractivity contribution in [1.82, 2.24) is 19.4 Å². The second kappa shape index (κ2) is 6.04. The van der Waals surface area contributed by atoms with Gasteiger partial charge in [0.15, 0.2) is 0 Å². The molecule has 118 valence electrons. The summed E-state index contributed by atoms with van der Waals surface area (Å²) in [4.78, 5) is 0.294. The molecule has 0 amide bonds. The quantitative estimate of drug-likeness (QED) is 0.863. The summed E-state index contributed by atoms with van der Waals surface area (Å²) in [6, 6.07) is 0.207. The van der Waals surface area contributed by atoms with Crippen molar-refractivity contribution in [3.05, 3.63) is 12.4 Å². The standard InChI is InChI=1S/C13H22N4O3S/c1-11-8-14-4-5-17(11)21(18,19)13-9-15-16(10-13)12-2-6-20-7-3-12/h9-12,14H,2-8H2,1H3/t11-/m1/s1.